The number of hydrogen-bond donors (Lipinski definition) is 1. The fraction of sp³-hybridized carbons (Fsp3) is 0.391. The number of carbonyl (C=O) groups excluding carboxylic acids is 2. The van der Waals surface area contributed by atoms with Crippen LogP contribution in [0.15, 0.2) is 53.0 Å². The lowest BCUT2D eigenvalue weighted by atomic mass is 10.1. The summed E-state index contributed by atoms with van der Waals surface area (Å²) in [4.78, 5) is 27.3. The minimum absolute atomic E-state index is 0.190. The minimum atomic E-state index is -0.632. The molecule has 0 aliphatic carbocycles. The number of amides is 2. The summed E-state index contributed by atoms with van der Waals surface area (Å²) in [5.41, 5.74) is 0.744. The zero-order valence-corrected chi connectivity index (χ0v) is 19.0. The molecule has 162 valence electrons. The molecule has 0 saturated heterocycles. The lowest BCUT2D eigenvalue weighted by Crippen LogP contribution is -2.50. The van der Waals surface area contributed by atoms with E-state index in [0.717, 1.165) is 22.9 Å². The van der Waals surface area contributed by atoms with Crippen LogP contribution in [0.5, 0.6) is 5.75 Å². The van der Waals surface area contributed by atoms with Crippen LogP contribution in [0, 0.1) is 5.82 Å². The largest absolute Gasteiger partial charge is 0.484 e. The number of halogens is 2. The maximum absolute atomic E-state index is 13.3. The molecule has 1 atom stereocenters. The smallest absolute Gasteiger partial charge is 0.261 e. The van der Waals surface area contributed by atoms with Crippen molar-refractivity contribution in [2.75, 3.05) is 13.2 Å². The molecular weight excluding hydrogens is 451 g/mol. The van der Waals surface area contributed by atoms with Gasteiger partial charge in [0.25, 0.3) is 5.91 Å². The van der Waals surface area contributed by atoms with Crippen LogP contribution in [-0.2, 0) is 16.1 Å². The molecule has 0 aromatic heterocycles. The Morgan fingerprint density at radius 1 is 1.10 bits per heavy atom. The third-order valence-electron chi connectivity index (χ3n) is 4.66. The fourth-order valence-electron chi connectivity index (χ4n) is 2.97. The Labute approximate surface area is 185 Å². The summed E-state index contributed by atoms with van der Waals surface area (Å²) in [6, 6.07) is 12.5. The predicted molar refractivity (Wildman–Crippen MR) is 119 cm³/mol. The summed E-state index contributed by atoms with van der Waals surface area (Å²) in [6.45, 7) is 4.49. The fourth-order valence-corrected chi connectivity index (χ4v) is 3.24. The lowest BCUT2D eigenvalue weighted by molar-refractivity contribution is -0.143. The van der Waals surface area contributed by atoms with Gasteiger partial charge in [0, 0.05) is 17.6 Å². The monoisotopic (exact) mass is 478 g/mol. The zero-order chi connectivity index (χ0) is 21.9. The topological polar surface area (TPSA) is 58.6 Å². The minimum Gasteiger partial charge on any atom is -0.484 e. The highest BCUT2D eigenvalue weighted by atomic mass is 79.9. The van der Waals surface area contributed by atoms with E-state index in [1.807, 2.05) is 26.0 Å². The number of ether oxygens (including phenoxy) is 1. The molecule has 0 spiro atoms. The predicted octanol–water partition coefficient (Wildman–Crippen LogP) is 4.69. The van der Waals surface area contributed by atoms with Gasteiger partial charge in [-0.2, -0.15) is 0 Å². The van der Waals surface area contributed by atoms with Crippen molar-refractivity contribution in [3.8, 4) is 5.75 Å². The molecule has 30 heavy (non-hydrogen) atoms. The van der Waals surface area contributed by atoms with Gasteiger partial charge in [-0.25, -0.2) is 4.39 Å². The first-order valence-electron chi connectivity index (χ1n) is 10.1. The molecule has 0 aliphatic heterocycles. The van der Waals surface area contributed by atoms with E-state index < -0.39 is 6.04 Å². The van der Waals surface area contributed by atoms with Crippen molar-refractivity contribution in [1.29, 1.82) is 0 Å². The van der Waals surface area contributed by atoms with E-state index in [9.17, 15) is 14.0 Å². The van der Waals surface area contributed by atoms with Crippen LogP contribution >= 0.6 is 15.9 Å². The van der Waals surface area contributed by atoms with E-state index in [4.69, 9.17) is 4.74 Å². The van der Waals surface area contributed by atoms with Crippen LogP contribution < -0.4 is 10.1 Å². The van der Waals surface area contributed by atoms with Crippen molar-refractivity contribution in [3.63, 3.8) is 0 Å². The summed E-state index contributed by atoms with van der Waals surface area (Å²) in [5.74, 6) is -0.280. The van der Waals surface area contributed by atoms with Crippen molar-refractivity contribution in [1.82, 2.24) is 10.2 Å². The molecule has 7 heteroatoms. The standard InChI is InChI=1S/C23H28BrFN2O3/c1-3-5-14-26-23(29)21(4-2)27(15-17-6-10-19(25)11-7-17)22(28)16-30-20-12-8-18(24)9-13-20/h6-13,21H,3-5,14-16H2,1-2H3,(H,26,29). The second-order valence-corrected chi connectivity index (χ2v) is 7.88. The SMILES string of the molecule is CCCCNC(=O)C(CC)N(Cc1ccc(F)cc1)C(=O)COc1ccc(Br)cc1. The van der Waals surface area contributed by atoms with E-state index in [-0.39, 0.29) is 30.8 Å². The molecule has 0 aliphatic rings. The lowest BCUT2D eigenvalue weighted by Gasteiger charge is -2.30. The first-order valence-corrected chi connectivity index (χ1v) is 10.9. The molecule has 2 aromatic rings. The summed E-state index contributed by atoms with van der Waals surface area (Å²) in [6.07, 6.45) is 2.31. The zero-order valence-electron chi connectivity index (χ0n) is 17.4. The van der Waals surface area contributed by atoms with Crippen molar-refractivity contribution in [3.05, 3.63) is 64.4 Å². The van der Waals surface area contributed by atoms with E-state index in [1.165, 1.54) is 17.0 Å². The number of nitrogens with zero attached hydrogens (tertiary/aromatic N) is 1. The third kappa shape index (κ3) is 7.44. The molecule has 0 bridgehead atoms. The number of unbranched alkanes of at least 4 members (excludes halogenated alkanes) is 1. The Kier molecular flexibility index (Phi) is 9.80. The Balaban J connectivity index is 2.15. The second kappa shape index (κ2) is 12.3. The maximum atomic E-state index is 13.3. The van der Waals surface area contributed by atoms with E-state index in [2.05, 4.69) is 21.2 Å². The first-order chi connectivity index (χ1) is 14.4. The van der Waals surface area contributed by atoms with E-state index >= 15 is 0 Å². The van der Waals surface area contributed by atoms with Crippen molar-refractivity contribution >= 4 is 27.7 Å². The summed E-state index contributed by atoms with van der Waals surface area (Å²) < 4.78 is 19.8. The molecule has 0 radical (unpaired) electrons. The summed E-state index contributed by atoms with van der Waals surface area (Å²) >= 11 is 3.36. The number of nitrogens with one attached hydrogen (secondary N) is 1. The molecule has 0 saturated carbocycles. The molecule has 1 N–H and O–H groups in total. The highest BCUT2D eigenvalue weighted by Gasteiger charge is 2.28. The van der Waals surface area contributed by atoms with Gasteiger partial charge >= 0.3 is 0 Å². The first kappa shape index (κ1) is 23.9. The normalized spacial score (nSPS) is 11.6. The Hall–Kier alpha value is -2.41. The molecule has 5 nitrogen and oxygen atoms in total. The Bertz CT molecular complexity index is 812. The number of rotatable bonds is 11. The average Bonchev–Trinajstić information content (AvgIpc) is 2.74. The number of benzene rings is 2. The number of hydrogen-bond acceptors (Lipinski definition) is 3. The molecule has 2 rings (SSSR count). The van der Waals surface area contributed by atoms with Gasteiger partial charge in [0.15, 0.2) is 6.61 Å². The van der Waals surface area contributed by atoms with Gasteiger partial charge in [0.1, 0.15) is 17.6 Å². The summed E-state index contributed by atoms with van der Waals surface area (Å²) in [5, 5.41) is 2.91. The Morgan fingerprint density at radius 3 is 2.37 bits per heavy atom. The van der Waals surface area contributed by atoms with Crippen molar-refractivity contribution < 1.29 is 18.7 Å². The van der Waals surface area contributed by atoms with Crippen LogP contribution in [0.4, 0.5) is 4.39 Å². The van der Waals surface area contributed by atoms with Crippen LogP contribution in [0.25, 0.3) is 0 Å². The van der Waals surface area contributed by atoms with Crippen LogP contribution in [0.1, 0.15) is 38.7 Å². The third-order valence-corrected chi connectivity index (χ3v) is 5.19. The molecule has 2 aromatic carbocycles. The van der Waals surface area contributed by atoms with Gasteiger partial charge < -0.3 is 15.0 Å². The summed E-state index contributed by atoms with van der Waals surface area (Å²) in [7, 11) is 0. The quantitative estimate of drug-likeness (QED) is 0.476. The second-order valence-electron chi connectivity index (χ2n) is 6.96. The molecular formula is C23H28BrFN2O3. The van der Waals surface area contributed by atoms with Gasteiger partial charge in [-0.15, -0.1) is 0 Å². The van der Waals surface area contributed by atoms with Gasteiger partial charge in [0.05, 0.1) is 0 Å². The number of carbonyl (C=O) groups is 2. The van der Waals surface area contributed by atoms with Gasteiger partial charge in [0.2, 0.25) is 5.91 Å². The molecule has 0 fully saturated rings. The van der Waals surface area contributed by atoms with E-state index in [0.29, 0.717) is 18.7 Å². The Morgan fingerprint density at radius 2 is 1.77 bits per heavy atom. The highest BCUT2D eigenvalue weighted by Crippen LogP contribution is 2.17. The van der Waals surface area contributed by atoms with Gasteiger partial charge in [-0.1, -0.05) is 48.3 Å². The maximum Gasteiger partial charge on any atom is 0.261 e. The van der Waals surface area contributed by atoms with Crippen molar-refractivity contribution in [2.45, 2.75) is 45.7 Å². The van der Waals surface area contributed by atoms with Gasteiger partial charge in [-0.05, 0) is 54.8 Å². The molecule has 2 amide bonds. The van der Waals surface area contributed by atoms with Crippen molar-refractivity contribution in [2.24, 2.45) is 0 Å². The van der Waals surface area contributed by atoms with Crippen LogP contribution in [0.2, 0.25) is 0 Å². The van der Waals surface area contributed by atoms with Crippen LogP contribution in [0.3, 0.4) is 0 Å². The van der Waals surface area contributed by atoms with Gasteiger partial charge in [-0.3, -0.25) is 9.59 Å². The van der Waals surface area contributed by atoms with Crippen LogP contribution in [-0.4, -0.2) is 35.9 Å². The van der Waals surface area contributed by atoms with E-state index in [1.54, 1.807) is 24.3 Å². The highest BCUT2D eigenvalue weighted by molar-refractivity contribution is 9.10. The molecule has 1 unspecified atom stereocenters. The average molecular weight is 479 g/mol. The molecule has 0 heterocycles.